The molecule has 1 atom stereocenters. The Kier molecular flexibility index (Phi) is 5.07. The molecule has 1 aromatic rings. The summed E-state index contributed by atoms with van der Waals surface area (Å²) in [5.74, 6) is 0. The van der Waals surface area contributed by atoms with Crippen molar-refractivity contribution in [1.29, 1.82) is 0 Å². The van der Waals surface area contributed by atoms with Gasteiger partial charge in [-0.25, -0.2) is 4.21 Å². The minimum absolute atomic E-state index is 0. The van der Waals surface area contributed by atoms with E-state index in [1.54, 1.807) is 18.2 Å². The molecule has 0 aliphatic heterocycles. The summed E-state index contributed by atoms with van der Waals surface area (Å²) in [5.41, 5.74) is 0. The summed E-state index contributed by atoms with van der Waals surface area (Å²) < 4.78 is 19.0. The molecule has 0 aromatic heterocycles. The van der Waals surface area contributed by atoms with Crippen molar-refractivity contribution in [2.75, 3.05) is 0 Å². The van der Waals surface area contributed by atoms with Gasteiger partial charge in [0.15, 0.2) is 11.1 Å². The van der Waals surface area contributed by atoms with Crippen LogP contribution in [0.2, 0.25) is 5.02 Å². The molecule has 1 aromatic carbocycles. The molecular weight excluding hydrogens is 179 g/mol. The minimum atomic E-state index is -1.92. The number of hydrogen-bond acceptors (Lipinski definition) is 1. The third-order valence-electron chi connectivity index (χ3n) is 0.998. The van der Waals surface area contributed by atoms with Crippen LogP contribution in [0.4, 0.5) is 0 Å². The van der Waals surface area contributed by atoms with Crippen LogP contribution in [0, 0.1) is 0 Å². The van der Waals surface area contributed by atoms with E-state index in [9.17, 15) is 4.21 Å². The maximum absolute atomic E-state index is 10.4. The summed E-state index contributed by atoms with van der Waals surface area (Å²) in [4.78, 5) is 0.326. The molecule has 1 unspecified atom stereocenters. The summed E-state index contributed by atoms with van der Waals surface area (Å²) in [7, 11) is 0. The second-order valence-corrected chi connectivity index (χ2v) is 3.11. The molecule has 0 aliphatic rings. The molecule has 56 valence electrons. The molecule has 1 rings (SSSR count). The molecule has 0 radical (unpaired) electrons. The summed E-state index contributed by atoms with van der Waals surface area (Å²) in [5, 5.41) is 0.472. The Morgan fingerprint density at radius 3 is 2.45 bits per heavy atom. The molecule has 2 nitrogen and oxygen atoms in total. The second-order valence-electron chi connectivity index (χ2n) is 1.71. The van der Waals surface area contributed by atoms with Gasteiger partial charge < -0.3 is 4.55 Å². The van der Waals surface area contributed by atoms with E-state index in [0.29, 0.717) is 9.92 Å². The van der Waals surface area contributed by atoms with E-state index < -0.39 is 11.1 Å². The molecule has 0 saturated carbocycles. The first-order chi connectivity index (χ1) is 4.70. The predicted octanol–water partition coefficient (Wildman–Crippen LogP) is 1.27. The van der Waals surface area contributed by atoms with Crippen LogP contribution in [0.5, 0.6) is 0 Å². The van der Waals surface area contributed by atoms with Gasteiger partial charge in [0, 0.05) is 5.02 Å². The van der Waals surface area contributed by atoms with Crippen LogP contribution >= 0.6 is 11.6 Å². The molecular formula is C6H6ClLiO2S. The van der Waals surface area contributed by atoms with E-state index >= 15 is 0 Å². The van der Waals surface area contributed by atoms with E-state index in [1.165, 1.54) is 6.07 Å². The molecule has 11 heavy (non-hydrogen) atoms. The second kappa shape index (κ2) is 4.97. The fourth-order valence-electron chi connectivity index (χ4n) is 0.576. The van der Waals surface area contributed by atoms with Crippen molar-refractivity contribution < 1.29 is 8.76 Å². The van der Waals surface area contributed by atoms with Crippen molar-refractivity contribution >= 4 is 41.5 Å². The van der Waals surface area contributed by atoms with Gasteiger partial charge >= 0.3 is 18.9 Å². The van der Waals surface area contributed by atoms with Crippen LogP contribution < -0.4 is 0 Å². The zero-order valence-corrected chi connectivity index (χ0v) is 6.52. The van der Waals surface area contributed by atoms with Gasteiger partial charge in [0.25, 0.3) is 0 Å². The zero-order valence-electron chi connectivity index (χ0n) is 4.95. The number of halogens is 1. The van der Waals surface area contributed by atoms with Crippen LogP contribution in [-0.2, 0) is 11.1 Å². The van der Waals surface area contributed by atoms with Gasteiger partial charge in [-0.3, -0.25) is 0 Å². The van der Waals surface area contributed by atoms with Crippen molar-refractivity contribution in [3.8, 4) is 0 Å². The molecule has 0 heterocycles. The van der Waals surface area contributed by atoms with Gasteiger partial charge in [-0.1, -0.05) is 17.7 Å². The Balaban J connectivity index is 0.000001000. The maximum atomic E-state index is 10.4. The van der Waals surface area contributed by atoms with Gasteiger partial charge in [-0.15, -0.1) is 0 Å². The molecule has 0 spiro atoms. The Morgan fingerprint density at radius 2 is 2.09 bits per heavy atom. The number of rotatable bonds is 1. The Hall–Kier alpha value is 0.217. The summed E-state index contributed by atoms with van der Waals surface area (Å²) in [6.45, 7) is 0. The molecule has 0 amide bonds. The third-order valence-corrected chi connectivity index (χ3v) is 1.89. The fourth-order valence-corrected chi connectivity index (χ4v) is 1.25. The topological polar surface area (TPSA) is 37.3 Å². The van der Waals surface area contributed by atoms with Crippen LogP contribution in [0.3, 0.4) is 0 Å². The summed E-state index contributed by atoms with van der Waals surface area (Å²) in [6, 6.07) is 6.28. The normalized spacial score (nSPS) is 11.8. The van der Waals surface area contributed by atoms with Gasteiger partial charge in [-0.05, 0) is 18.2 Å². The molecule has 0 saturated heterocycles. The van der Waals surface area contributed by atoms with Crippen molar-refractivity contribution in [1.82, 2.24) is 0 Å². The van der Waals surface area contributed by atoms with Crippen LogP contribution in [0.25, 0.3) is 0 Å². The fraction of sp³-hybridized carbons (Fsp3) is 0. The van der Waals surface area contributed by atoms with E-state index in [1.807, 2.05) is 0 Å². The molecule has 0 fully saturated rings. The van der Waals surface area contributed by atoms with Gasteiger partial charge in [0.1, 0.15) is 0 Å². The van der Waals surface area contributed by atoms with E-state index in [4.69, 9.17) is 16.2 Å². The van der Waals surface area contributed by atoms with Crippen LogP contribution in [0.15, 0.2) is 29.2 Å². The van der Waals surface area contributed by atoms with E-state index in [0.717, 1.165) is 0 Å². The zero-order chi connectivity index (χ0) is 7.56. The first-order valence-corrected chi connectivity index (χ1v) is 4.05. The summed E-state index contributed by atoms with van der Waals surface area (Å²) in [6.07, 6.45) is 0. The summed E-state index contributed by atoms with van der Waals surface area (Å²) >= 11 is 3.62. The van der Waals surface area contributed by atoms with E-state index in [-0.39, 0.29) is 18.9 Å². The van der Waals surface area contributed by atoms with Crippen molar-refractivity contribution in [2.24, 2.45) is 0 Å². The Morgan fingerprint density at radius 1 is 1.45 bits per heavy atom. The Bertz CT molecular complexity index is 267. The predicted molar refractivity (Wildman–Crippen MR) is 47.6 cm³/mol. The quantitative estimate of drug-likeness (QED) is 0.527. The first kappa shape index (κ1) is 11.2. The average Bonchev–Trinajstić information content (AvgIpc) is 1.88. The monoisotopic (exact) mass is 184 g/mol. The first-order valence-electron chi connectivity index (χ1n) is 2.56. The van der Waals surface area contributed by atoms with Gasteiger partial charge in [-0.2, -0.15) is 0 Å². The van der Waals surface area contributed by atoms with Crippen molar-refractivity contribution in [3.63, 3.8) is 0 Å². The number of benzene rings is 1. The molecule has 1 N–H and O–H groups in total. The van der Waals surface area contributed by atoms with Gasteiger partial charge in [0.2, 0.25) is 0 Å². The third kappa shape index (κ3) is 3.41. The van der Waals surface area contributed by atoms with Gasteiger partial charge in [0.05, 0.1) is 4.90 Å². The van der Waals surface area contributed by atoms with E-state index in [2.05, 4.69) is 0 Å². The molecule has 5 heteroatoms. The molecule has 0 aliphatic carbocycles. The van der Waals surface area contributed by atoms with Crippen molar-refractivity contribution in [2.45, 2.75) is 4.90 Å². The standard InChI is InChI=1S/C6H5ClO2S.Li.H/c7-5-2-1-3-6(4-5)10(8)9;;/h1-4H,(H,8,9);;. The molecule has 0 bridgehead atoms. The van der Waals surface area contributed by atoms with Crippen molar-refractivity contribution in [3.05, 3.63) is 29.3 Å². The van der Waals surface area contributed by atoms with Crippen LogP contribution in [0.1, 0.15) is 0 Å². The number of hydrogen-bond donors (Lipinski definition) is 1. The Labute approximate surface area is 84.4 Å². The average molecular weight is 185 g/mol. The van der Waals surface area contributed by atoms with Crippen LogP contribution in [-0.4, -0.2) is 27.6 Å². The SMILES string of the molecule is O=S(O)c1cccc(Cl)c1.[LiH].